The van der Waals surface area contributed by atoms with Crippen molar-refractivity contribution in [3.8, 4) is 0 Å². The van der Waals surface area contributed by atoms with Gasteiger partial charge in [0.1, 0.15) is 5.15 Å². The molecule has 1 N–H and O–H groups in total. The number of aromatic nitrogens is 1. The molecule has 2 heterocycles. The van der Waals surface area contributed by atoms with Gasteiger partial charge in [-0.3, -0.25) is 4.79 Å². The standard InChI is InChI=1S/C7H6ClNO.C4H9NO/c1-5(10)6-2-3-7(8)9-4-6;1-3-6-4-2-5-1/h2-4H,1H3;5H,1-4H2. The van der Waals surface area contributed by atoms with Crippen molar-refractivity contribution < 1.29 is 9.53 Å². The van der Waals surface area contributed by atoms with Crippen molar-refractivity contribution in [1.29, 1.82) is 0 Å². The van der Waals surface area contributed by atoms with Crippen molar-refractivity contribution in [2.24, 2.45) is 0 Å². The molecule has 4 nitrogen and oxygen atoms in total. The molecule has 0 atom stereocenters. The molecule has 0 aromatic carbocycles. The van der Waals surface area contributed by atoms with Crippen molar-refractivity contribution in [2.75, 3.05) is 26.3 Å². The average molecular weight is 243 g/mol. The first kappa shape index (κ1) is 13.1. The van der Waals surface area contributed by atoms with E-state index in [2.05, 4.69) is 10.3 Å². The van der Waals surface area contributed by atoms with E-state index in [-0.39, 0.29) is 5.78 Å². The molecule has 1 fully saturated rings. The number of nitrogens with one attached hydrogen (secondary N) is 1. The van der Waals surface area contributed by atoms with Crippen LogP contribution in [0.15, 0.2) is 18.3 Å². The maximum atomic E-state index is 10.7. The monoisotopic (exact) mass is 242 g/mol. The van der Waals surface area contributed by atoms with E-state index in [9.17, 15) is 4.79 Å². The zero-order chi connectivity index (χ0) is 11.8. The SMILES string of the molecule is C1COCCN1.CC(=O)c1ccc(Cl)nc1. The number of hydrogen-bond donors (Lipinski definition) is 1. The second-order valence-electron chi connectivity index (χ2n) is 3.29. The van der Waals surface area contributed by atoms with Crippen LogP contribution < -0.4 is 5.32 Å². The van der Waals surface area contributed by atoms with E-state index >= 15 is 0 Å². The summed E-state index contributed by atoms with van der Waals surface area (Å²) in [5.74, 6) is 0.00386. The van der Waals surface area contributed by atoms with Gasteiger partial charge in [-0.2, -0.15) is 0 Å². The number of pyridine rings is 1. The molecule has 0 unspecified atom stereocenters. The van der Waals surface area contributed by atoms with Crippen LogP contribution >= 0.6 is 11.6 Å². The third kappa shape index (κ3) is 5.21. The summed E-state index contributed by atoms with van der Waals surface area (Å²) in [5.41, 5.74) is 0.587. The van der Waals surface area contributed by atoms with E-state index < -0.39 is 0 Å². The largest absolute Gasteiger partial charge is 0.379 e. The summed E-state index contributed by atoms with van der Waals surface area (Å²) in [6.45, 7) is 5.32. The van der Waals surface area contributed by atoms with Gasteiger partial charge in [0.25, 0.3) is 0 Å². The van der Waals surface area contributed by atoms with Gasteiger partial charge in [0, 0.05) is 24.8 Å². The van der Waals surface area contributed by atoms with E-state index in [1.807, 2.05) is 0 Å². The van der Waals surface area contributed by atoms with Crippen LogP contribution in [0.1, 0.15) is 17.3 Å². The molecule has 1 saturated heterocycles. The Morgan fingerprint density at radius 1 is 1.44 bits per heavy atom. The molecule has 16 heavy (non-hydrogen) atoms. The van der Waals surface area contributed by atoms with Gasteiger partial charge in [0.05, 0.1) is 13.2 Å². The highest BCUT2D eigenvalue weighted by Gasteiger charge is 1.97. The van der Waals surface area contributed by atoms with Crippen LogP contribution in [-0.2, 0) is 4.74 Å². The number of ketones is 1. The Hall–Kier alpha value is -0.970. The van der Waals surface area contributed by atoms with E-state index in [0.717, 1.165) is 26.3 Å². The summed E-state index contributed by atoms with van der Waals surface area (Å²) in [6.07, 6.45) is 1.46. The minimum Gasteiger partial charge on any atom is -0.379 e. The normalized spacial score (nSPS) is 14.9. The van der Waals surface area contributed by atoms with Crippen molar-refractivity contribution in [3.63, 3.8) is 0 Å². The van der Waals surface area contributed by atoms with Gasteiger partial charge in [-0.05, 0) is 19.1 Å². The van der Waals surface area contributed by atoms with Crippen LogP contribution in [0.5, 0.6) is 0 Å². The maximum Gasteiger partial charge on any atom is 0.161 e. The predicted molar refractivity (Wildman–Crippen MR) is 62.9 cm³/mol. The Morgan fingerprint density at radius 2 is 2.12 bits per heavy atom. The van der Waals surface area contributed by atoms with Crippen molar-refractivity contribution in [2.45, 2.75) is 6.92 Å². The number of carbonyl (C=O) groups is 1. The van der Waals surface area contributed by atoms with Gasteiger partial charge in [-0.1, -0.05) is 11.6 Å². The molecular formula is C11H15ClN2O2. The lowest BCUT2D eigenvalue weighted by molar-refractivity contribution is 0.101. The Kier molecular flexibility index (Phi) is 6.00. The molecule has 0 spiro atoms. The molecule has 1 aromatic rings. The minimum absolute atomic E-state index is 0.00386. The van der Waals surface area contributed by atoms with Crippen LogP contribution in [0, 0.1) is 0 Å². The van der Waals surface area contributed by atoms with Gasteiger partial charge >= 0.3 is 0 Å². The summed E-state index contributed by atoms with van der Waals surface area (Å²) >= 11 is 5.49. The molecule has 0 aliphatic carbocycles. The molecule has 88 valence electrons. The first-order valence-corrected chi connectivity index (χ1v) is 5.49. The van der Waals surface area contributed by atoms with E-state index in [4.69, 9.17) is 16.3 Å². The molecular weight excluding hydrogens is 228 g/mol. The Balaban J connectivity index is 0.000000181. The fourth-order valence-corrected chi connectivity index (χ4v) is 1.21. The lowest BCUT2D eigenvalue weighted by atomic mass is 10.2. The molecule has 0 amide bonds. The second-order valence-corrected chi connectivity index (χ2v) is 3.68. The van der Waals surface area contributed by atoms with Crippen LogP contribution in [0.3, 0.4) is 0 Å². The number of carbonyl (C=O) groups excluding carboxylic acids is 1. The first-order valence-electron chi connectivity index (χ1n) is 5.11. The third-order valence-corrected chi connectivity index (χ3v) is 2.20. The average Bonchev–Trinajstić information content (AvgIpc) is 2.32. The molecule has 2 rings (SSSR count). The third-order valence-electron chi connectivity index (χ3n) is 1.98. The van der Waals surface area contributed by atoms with Crippen molar-refractivity contribution in [3.05, 3.63) is 29.0 Å². The fourth-order valence-electron chi connectivity index (χ4n) is 1.10. The Morgan fingerprint density at radius 3 is 2.44 bits per heavy atom. The lowest BCUT2D eigenvalue weighted by Gasteiger charge is -2.10. The van der Waals surface area contributed by atoms with Crippen molar-refractivity contribution in [1.82, 2.24) is 10.3 Å². The highest BCUT2D eigenvalue weighted by molar-refractivity contribution is 6.29. The number of rotatable bonds is 1. The Labute approximate surface area is 100.0 Å². The number of morpholine rings is 1. The van der Waals surface area contributed by atoms with Gasteiger partial charge in [0.15, 0.2) is 5.78 Å². The topological polar surface area (TPSA) is 51.2 Å². The predicted octanol–water partition coefficient (Wildman–Crippen LogP) is 1.54. The van der Waals surface area contributed by atoms with Crippen molar-refractivity contribution >= 4 is 17.4 Å². The molecule has 0 radical (unpaired) electrons. The van der Waals surface area contributed by atoms with E-state index in [1.54, 1.807) is 12.1 Å². The highest BCUT2D eigenvalue weighted by Crippen LogP contribution is 2.04. The molecule has 5 heteroatoms. The number of ether oxygens (including phenoxy) is 1. The van der Waals surface area contributed by atoms with Gasteiger partial charge in [-0.25, -0.2) is 4.98 Å². The number of Topliss-reactive ketones (excluding diaryl/α,β-unsaturated/α-hetero) is 1. The van der Waals surface area contributed by atoms with Crippen LogP contribution in [0.4, 0.5) is 0 Å². The van der Waals surface area contributed by atoms with Crippen LogP contribution in [0.2, 0.25) is 5.15 Å². The van der Waals surface area contributed by atoms with E-state index in [1.165, 1.54) is 13.1 Å². The van der Waals surface area contributed by atoms with E-state index in [0.29, 0.717) is 10.7 Å². The molecule has 1 aliphatic rings. The molecule has 1 aromatic heterocycles. The number of nitrogens with zero attached hydrogens (tertiary/aromatic N) is 1. The molecule has 1 aliphatic heterocycles. The number of halogens is 1. The fraction of sp³-hybridized carbons (Fsp3) is 0.455. The number of hydrogen-bond acceptors (Lipinski definition) is 4. The maximum absolute atomic E-state index is 10.7. The minimum atomic E-state index is 0.00386. The van der Waals surface area contributed by atoms with Gasteiger partial charge in [-0.15, -0.1) is 0 Å². The van der Waals surface area contributed by atoms with Crippen LogP contribution in [-0.4, -0.2) is 37.1 Å². The summed E-state index contributed by atoms with van der Waals surface area (Å²) < 4.78 is 5.01. The highest BCUT2D eigenvalue weighted by atomic mass is 35.5. The van der Waals surface area contributed by atoms with Crippen LogP contribution in [0.25, 0.3) is 0 Å². The molecule has 0 saturated carbocycles. The summed E-state index contributed by atoms with van der Waals surface area (Å²) in [6, 6.07) is 3.25. The summed E-state index contributed by atoms with van der Waals surface area (Å²) in [5, 5.41) is 3.57. The Bertz CT molecular complexity index is 312. The van der Waals surface area contributed by atoms with Gasteiger partial charge < -0.3 is 10.1 Å². The first-order chi connectivity index (χ1) is 7.70. The lowest BCUT2D eigenvalue weighted by Crippen LogP contribution is -2.30. The molecule has 0 bridgehead atoms. The quantitative estimate of drug-likeness (QED) is 0.600. The summed E-state index contributed by atoms with van der Waals surface area (Å²) in [4.78, 5) is 14.4. The zero-order valence-electron chi connectivity index (χ0n) is 9.20. The summed E-state index contributed by atoms with van der Waals surface area (Å²) in [7, 11) is 0. The second kappa shape index (κ2) is 7.33. The zero-order valence-corrected chi connectivity index (χ0v) is 9.96. The van der Waals surface area contributed by atoms with Gasteiger partial charge in [0.2, 0.25) is 0 Å². The smallest absolute Gasteiger partial charge is 0.161 e.